The van der Waals surface area contributed by atoms with Crippen molar-refractivity contribution in [2.75, 3.05) is 0 Å². The molecule has 2 unspecified atom stereocenters. The van der Waals surface area contributed by atoms with Crippen LogP contribution < -0.4 is 0 Å². The van der Waals surface area contributed by atoms with Gasteiger partial charge in [0, 0.05) is 18.5 Å². The average molecular weight is 256 g/mol. The van der Waals surface area contributed by atoms with Gasteiger partial charge >= 0.3 is 11.9 Å². The molecule has 0 aromatic rings. The summed E-state index contributed by atoms with van der Waals surface area (Å²) < 4.78 is 0. The van der Waals surface area contributed by atoms with E-state index in [1.54, 1.807) is 5.01 Å². The number of hydrogen-bond acceptors (Lipinski definition) is 4. The number of hydrogen-bond donors (Lipinski definition) is 2. The fourth-order valence-electron chi connectivity index (χ4n) is 2.17. The summed E-state index contributed by atoms with van der Waals surface area (Å²) in [6.45, 7) is 4.02. The molecule has 2 atom stereocenters. The van der Waals surface area contributed by atoms with E-state index in [1.165, 1.54) is 0 Å². The smallest absolute Gasteiger partial charge is 0.352 e. The minimum Gasteiger partial charge on any atom is -0.481 e. The first-order valence-electron chi connectivity index (χ1n) is 6.22. The van der Waals surface area contributed by atoms with Crippen LogP contribution in [0.4, 0.5) is 0 Å². The summed E-state index contributed by atoms with van der Waals surface area (Å²) in [5.74, 6) is -2.15. The fourth-order valence-corrected chi connectivity index (χ4v) is 2.17. The number of nitrogens with zero attached hydrogens (tertiary/aromatic N) is 2. The van der Waals surface area contributed by atoms with Crippen LogP contribution in [0.3, 0.4) is 0 Å². The number of carbonyl (C=O) groups is 2. The van der Waals surface area contributed by atoms with Gasteiger partial charge in [-0.2, -0.15) is 5.10 Å². The molecule has 1 saturated heterocycles. The molecular weight excluding hydrogens is 236 g/mol. The zero-order chi connectivity index (χ0) is 13.7. The Bertz CT molecular complexity index is 344. The quantitative estimate of drug-likeness (QED) is 0.728. The Labute approximate surface area is 106 Å². The molecule has 0 amide bonds. The second kappa shape index (κ2) is 6.37. The second-order valence-corrected chi connectivity index (χ2v) is 4.75. The van der Waals surface area contributed by atoms with Crippen LogP contribution >= 0.6 is 0 Å². The molecule has 0 bridgehead atoms. The lowest BCUT2D eigenvalue weighted by atomic mass is 10.00. The van der Waals surface area contributed by atoms with Crippen LogP contribution in [0, 0.1) is 0 Å². The lowest BCUT2D eigenvalue weighted by Crippen LogP contribution is -2.41. The topological polar surface area (TPSA) is 90.2 Å². The highest BCUT2D eigenvalue weighted by Crippen LogP contribution is 2.23. The number of carboxylic acid groups (broad SMARTS) is 2. The van der Waals surface area contributed by atoms with Gasteiger partial charge < -0.3 is 10.2 Å². The molecule has 1 aliphatic heterocycles. The molecule has 18 heavy (non-hydrogen) atoms. The van der Waals surface area contributed by atoms with Gasteiger partial charge in [0.15, 0.2) is 0 Å². The fraction of sp³-hybridized carbons (Fsp3) is 0.750. The Morgan fingerprint density at radius 1 is 1.17 bits per heavy atom. The summed E-state index contributed by atoms with van der Waals surface area (Å²) in [5.41, 5.74) is -0.0713. The Balaban J connectivity index is 2.78. The van der Waals surface area contributed by atoms with Crippen molar-refractivity contribution in [3.05, 3.63) is 0 Å². The third-order valence-corrected chi connectivity index (χ3v) is 3.21. The van der Waals surface area contributed by atoms with Crippen molar-refractivity contribution in [1.82, 2.24) is 5.01 Å². The van der Waals surface area contributed by atoms with Crippen molar-refractivity contribution in [3.8, 4) is 0 Å². The molecule has 1 aliphatic rings. The van der Waals surface area contributed by atoms with Gasteiger partial charge in [0.05, 0.1) is 6.42 Å². The molecule has 0 aromatic carbocycles. The SMILES string of the molecule is CC1CCCC(C)N1N=C(CCC(=O)O)C(=O)O. The van der Waals surface area contributed by atoms with E-state index in [1.807, 2.05) is 13.8 Å². The van der Waals surface area contributed by atoms with Gasteiger partial charge in [0.1, 0.15) is 5.71 Å². The predicted octanol–water partition coefficient (Wildman–Crippen LogP) is 1.55. The lowest BCUT2D eigenvalue weighted by molar-refractivity contribution is -0.136. The van der Waals surface area contributed by atoms with Crippen molar-refractivity contribution in [3.63, 3.8) is 0 Å². The highest BCUT2D eigenvalue weighted by molar-refractivity contribution is 6.35. The van der Waals surface area contributed by atoms with Crippen molar-refractivity contribution in [2.45, 2.75) is 58.0 Å². The van der Waals surface area contributed by atoms with E-state index in [2.05, 4.69) is 5.10 Å². The average Bonchev–Trinajstić information content (AvgIpc) is 2.26. The normalized spacial score (nSPS) is 25.0. The van der Waals surface area contributed by atoms with E-state index >= 15 is 0 Å². The van der Waals surface area contributed by atoms with E-state index < -0.39 is 11.9 Å². The van der Waals surface area contributed by atoms with Gasteiger partial charge in [-0.1, -0.05) is 0 Å². The van der Waals surface area contributed by atoms with Crippen molar-refractivity contribution in [1.29, 1.82) is 0 Å². The third-order valence-electron chi connectivity index (χ3n) is 3.21. The molecule has 0 spiro atoms. The summed E-state index contributed by atoms with van der Waals surface area (Å²) in [5, 5.41) is 23.6. The van der Waals surface area contributed by atoms with Crippen molar-refractivity contribution in [2.24, 2.45) is 5.10 Å². The third kappa shape index (κ3) is 4.01. The van der Waals surface area contributed by atoms with Crippen LogP contribution in [0.25, 0.3) is 0 Å². The Morgan fingerprint density at radius 2 is 1.72 bits per heavy atom. The first-order valence-corrected chi connectivity index (χ1v) is 6.22. The van der Waals surface area contributed by atoms with Crippen LogP contribution in [0.5, 0.6) is 0 Å². The summed E-state index contributed by atoms with van der Waals surface area (Å²) in [6.07, 6.45) is 2.84. The summed E-state index contributed by atoms with van der Waals surface area (Å²) in [6, 6.07) is 0.404. The maximum atomic E-state index is 11.0. The number of aliphatic carboxylic acids is 2. The Hall–Kier alpha value is -1.59. The molecule has 6 heteroatoms. The van der Waals surface area contributed by atoms with Gasteiger partial charge in [0.2, 0.25) is 0 Å². The maximum absolute atomic E-state index is 11.0. The van der Waals surface area contributed by atoms with Crippen molar-refractivity contribution >= 4 is 17.7 Å². The summed E-state index contributed by atoms with van der Waals surface area (Å²) >= 11 is 0. The zero-order valence-electron chi connectivity index (χ0n) is 10.8. The number of rotatable bonds is 5. The molecule has 6 nitrogen and oxygen atoms in total. The summed E-state index contributed by atoms with van der Waals surface area (Å²) in [7, 11) is 0. The molecule has 1 heterocycles. The molecule has 0 radical (unpaired) electrons. The molecule has 1 fully saturated rings. The van der Waals surface area contributed by atoms with Crippen LogP contribution in [0.1, 0.15) is 46.0 Å². The molecular formula is C12H20N2O4. The zero-order valence-corrected chi connectivity index (χ0v) is 10.8. The first-order chi connectivity index (χ1) is 8.41. The molecule has 0 aliphatic carbocycles. The minimum absolute atomic E-state index is 0.0411. The predicted molar refractivity (Wildman–Crippen MR) is 66.6 cm³/mol. The second-order valence-electron chi connectivity index (χ2n) is 4.75. The van der Waals surface area contributed by atoms with Gasteiger partial charge in [-0.25, -0.2) is 4.79 Å². The van der Waals surface area contributed by atoms with Crippen LogP contribution in [-0.4, -0.2) is 45.0 Å². The highest BCUT2D eigenvalue weighted by atomic mass is 16.4. The van der Waals surface area contributed by atoms with E-state index in [4.69, 9.17) is 10.2 Å². The Kier molecular flexibility index (Phi) is 5.12. The van der Waals surface area contributed by atoms with E-state index in [-0.39, 0.29) is 30.6 Å². The first kappa shape index (κ1) is 14.5. The van der Waals surface area contributed by atoms with Crippen molar-refractivity contribution < 1.29 is 19.8 Å². The minimum atomic E-state index is -1.14. The van der Waals surface area contributed by atoms with Gasteiger partial charge in [-0.15, -0.1) is 0 Å². The lowest BCUT2D eigenvalue weighted by Gasteiger charge is -2.37. The number of carboxylic acids is 2. The standard InChI is InChI=1S/C12H20N2O4/c1-8-4-3-5-9(2)14(8)13-10(12(17)18)6-7-11(15)16/h8-9H,3-7H2,1-2H3,(H,15,16)(H,17,18). The maximum Gasteiger partial charge on any atom is 0.352 e. The molecule has 0 saturated carbocycles. The van der Waals surface area contributed by atoms with Gasteiger partial charge in [0.25, 0.3) is 0 Å². The molecule has 1 rings (SSSR count). The van der Waals surface area contributed by atoms with Crippen LogP contribution in [-0.2, 0) is 9.59 Å². The van der Waals surface area contributed by atoms with E-state index in [9.17, 15) is 9.59 Å². The molecule has 102 valence electrons. The summed E-state index contributed by atoms with van der Waals surface area (Å²) in [4.78, 5) is 21.5. The van der Waals surface area contributed by atoms with Gasteiger partial charge in [-0.3, -0.25) is 9.80 Å². The largest absolute Gasteiger partial charge is 0.481 e. The highest BCUT2D eigenvalue weighted by Gasteiger charge is 2.25. The molecule has 2 N–H and O–H groups in total. The Morgan fingerprint density at radius 3 is 2.17 bits per heavy atom. The van der Waals surface area contributed by atoms with E-state index in [0.29, 0.717) is 0 Å². The number of piperidine rings is 1. The van der Waals surface area contributed by atoms with Gasteiger partial charge in [-0.05, 0) is 33.1 Å². The van der Waals surface area contributed by atoms with Crippen LogP contribution in [0.2, 0.25) is 0 Å². The molecule has 0 aromatic heterocycles. The monoisotopic (exact) mass is 256 g/mol. The van der Waals surface area contributed by atoms with Crippen LogP contribution in [0.15, 0.2) is 5.10 Å². The number of hydrazone groups is 1. The van der Waals surface area contributed by atoms with E-state index in [0.717, 1.165) is 19.3 Å².